The zero-order valence-corrected chi connectivity index (χ0v) is 6.28. The molecule has 6 heteroatoms. The Morgan fingerprint density at radius 3 is 2.17 bits per heavy atom. The second kappa shape index (κ2) is 4.68. The van der Waals surface area contributed by atoms with Crippen LogP contribution in [-0.4, -0.2) is 25.9 Å². The minimum atomic E-state index is -0.329. The standard InChI is InChI=1S/C4H3NO2.C2H4BO2/c6-3-1-2-4(7)5-3;1-2-4-5-3-1/h1-2H,(H,5,6,7);1-2H2. The van der Waals surface area contributed by atoms with Gasteiger partial charge in [-0.2, -0.15) is 0 Å². The molecule has 1 saturated heterocycles. The van der Waals surface area contributed by atoms with Crippen molar-refractivity contribution in [2.24, 2.45) is 0 Å². The number of hydrogen-bond acceptors (Lipinski definition) is 4. The summed E-state index contributed by atoms with van der Waals surface area (Å²) in [4.78, 5) is 28.8. The van der Waals surface area contributed by atoms with Gasteiger partial charge in [0.1, 0.15) is 0 Å². The fourth-order valence-electron chi connectivity index (χ4n) is 0.597. The maximum Gasteiger partial charge on any atom is 0.346 e. The smallest absolute Gasteiger partial charge is 0.311 e. The molecule has 2 aliphatic heterocycles. The van der Waals surface area contributed by atoms with Gasteiger partial charge in [-0.3, -0.25) is 19.8 Å². The Morgan fingerprint density at radius 1 is 1.33 bits per heavy atom. The summed E-state index contributed by atoms with van der Waals surface area (Å²) in [5.41, 5.74) is 0. The summed E-state index contributed by atoms with van der Waals surface area (Å²) in [5, 5.41) is 2.03. The van der Waals surface area contributed by atoms with Crippen molar-refractivity contribution in [1.82, 2.24) is 5.32 Å². The van der Waals surface area contributed by atoms with Crippen LogP contribution in [0.3, 0.4) is 0 Å². The molecule has 0 unspecified atom stereocenters. The molecule has 12 heavy (non-hydrogen) atoms. The van der Waals surface area contributed by atoms with Gasteiger partial charge in [0, 0.05) is 12.2 Å². The van der Waals surface area contributed by atoms with E-state index in [1.165, 1.54) is 12.2 Å². The largest absolute Gasteiger partial charge is 0.346 e. The highest BCUT2D eigenvalue weighted by molar-refractivity contribution is 6.27. The van der Waals surface area contributed by atoms with Crippen molar-refractivity contribution in [3.63, 3.8) is 0 Å². The molecule has 0 bridgehead atoms. The zero-order valence-electron chi connectivity index (χ0n) is 6.28. The van der Waals surface area contributed by atoms with Crippen LogP contribution in [0, 0.1) is 0 Å². The molecule has 1 N–H and O–H groups in total. The lowest BCUT2D eigenvalue weighted by atomic mass is 9.99. The topological polar surface area (TPSA) is 64.6 Å². The molecule has 0 spiro atoms. The molecule has 2 amide bonds. The molecular weight excluding hydrogens is 161 g/mol. The summed E-state index contributed by atoms with van der Waals surface area (Å²) in [5.74, 6) is -0.657. The van der Waals surface area contributed by atoms with E-state index < -0.39 is 0 Å². The molecule has 5 nitrogen and oxygen atoms in total. The van der Waals surface area contributed by atoms with Gasteiger partial charge in [0.15, 0.2) is 0 Å². The van der Waals surface area contributed by atoms with E-state index in [-0.39, 0.29) is 11.8 Å². The van der Waals surface area contributed by atoms with Crippen molar-refractivity contribution < 1.29 is 19.3 Å². The molecule has 0 aromatic rings. The molecule has 2 heterocycles. The molecule has 0 aromatic heterocycles. The minimum absolute atomic E-state index is 0.329. The lowest BCUT2D eigenvalue weighted by Gasteiger charge is -1.80. The number of nitrogens with one attached hydrogen (secondary N) is 1. The van der Waals surface area contributed by atoms with Crippen molar-refractivity contribution in [3.8, 4) is 0 Å². The SMILES string of the molecule is O=C1C=CC(=O)N1.[B]1CCOO1. The Kier molecular flexibility index (Phi) is 3.50. The molecule has 0 aliphatic carbocycles. The van der Waals surface area contributed by atoms with E-state index in [4.69, 9.17) is 0 Å². The Balaban J connectivity index is 0.000000127. The van der Waals surface area contributed by atoms with E-state index >= 15 is 0 Å². The molecule has 2 rings (SSSR count). The monoisotopic (exact) mass is 168 g/mol. The first kappa shape index (κ1) is 8.96. The maximum atomic E-state index is 10.0. The predicted octanol–water partition coefficient (Wildman–Crippen LogP) is -0.815. The number of rotatable bonds is 0. The average Bonchev–Trinajstić information content (AvgIpc) is 2.63. The quantitative estimate of drug-likeness (QED) is 0.291. The summed E-state index contributed by atoms with van der Waals surface area (Å²) in [6.45, 7) is 0.722. The second-order valence-corrected chi connectivity index (χ2v) is 2.06. The van der Waals surface area contributed by atoms with Gasteiger partial charge in [-0.25, -0.2) is 0 Å². The lowest BCUT2D eigenvalue weighted by molar-refractivity contribution is -0.181. The van der Waals surface area contributed by atoms with Crippen LogP contribution in [-0.2, 0) is 19.3 Å². The van der Waals surface area contributed by atoms with Crippen molar-refractivity contribution >= 4 is 19.3 Å². The lowest BCUT2D eigenvalue weighted by Crippen LogP contribution is -2.19. The fraction of sp³-hybridized carbons (Fsp3) is 0.333. The first-order valence-corrected chi connectivity index (χ1v) is 3.42. The molecule has 2 aliphatic rings. The van der Waals surface area contributed by atoms with Crippen LogP contribution in [0.2, 0.25) is 6.32 Å². The zero-order chi connectivity index (χ0) is 8.81. The van der Waals surface area contributed by atoms with Crippen LogP contribution in [0.25, 0.3) is 0 Å². The third-order valence-electron chi connectivity index (χ3n) is 1.09. The van der Waals surface area contributed by atoms with Crippen LogP contribution in [0.15, 0.2) is 12.2 Å². The Hall–Kier alpha value is -1.14. The van der Waals surface area contributed by atoms with Crippen LogP contribution in [0.1, 0.15) is 0 Å². The van der Waals surface area contributed by atoms with Crippen molar-refractivity contribution in [3.05, 3.63) is 12.2 Å². The molecule has 1 radical (unpaired) electrons. The number of imide groups is 1. The van der Waals surface area contributed by atoms with Gasteiger partial charge < -0.3 is 4.81 Å². The molecule has 0 saturated carbocycles. The van der Waals surface area contributed by atoms with E-state index in [1.807, 2.05) is 5.32 Å². The first-order valence-electron chi connectivity index (χ1n) is 3.42. The third-order valence-corrected chi connectivity index (χ3v) is 1.09. The highest BCUT2D eigenvalue weighted by atomic mass is 17.2. The van der Waals surface area contributed by atoms with Gasteiger partial charge >= 0.3 is 7.48 Å². The van der Waals surface area contributed by atoms with Crippen LogP contribution in [0.4, 0.5) is 0 Å². The summed E-state index contributed by atoms with van der Waals surface area (Å²) in [6.07, 6.45) is 3.32. The van der Waals surface area contributed by atoms with Gasteiger partial charge in [0.05, 0.1) is 6.61 Å². The normalized spacial score (nSPS) is 19.7. The van der Waals surface area contributed by atoms with Gasteiger partial charge in [-0.1, -0.05) is 0 Å². The van der Waals surface area contributed by atoms with E-state index in [2.05, 4.69) is 9.69 Å². The van der Waals surface area contributed by atoms with Gasteiger partial charge in [-0.15, -0.1) is 0 Å². The van der Waals surface area contributed by atoms with Crippen LogP contribution >= 0.6 is 0 Å². The molecule has 1 fully saturated rings. The summed E-state index contributed by atoms with van der Waals surface area (Å²) < 4.78 is 0. The van der Waals surface area contributed by atoms with E-state index in [9.17, 15) is 9.59 Å². The van der Waals surface area contributed by atoms with Gasteiger partial charge in [-0.05, 0) is 6.32 Å². The predicted molar refractivity (Wildman–Crippen MR) is 39.9 cm³/mol. The minimum Gasteiger partial charge on any atom is -0.311 e. The van der Waals surface area contributed by atoms with E-state index in [0.717, 1.165) is 12.9 Å². The third kappa shape index (κ3) is 3.31. The summed E-state index contributed by atoms with van der Waals surface area (Å²) >= 11 is 0. The van der Waals surface area contributed by atoms with Crippen molar-refractivity contribution in [2.75, 3.05) is 6.61 Å². The number of carbonyl (C=O) groups excluding carboxylic acids is 2. The number of amides is 2. The Labute approximate surface area is 69.9 Å². The highest BCUT2D eigenvalue weighted by Crippen LogP contribution is 1.91. The van der Waals surface area contributed by atoms with E-state index in [0.29, 0.717) is 0 Å². The maximum absolute atomic E-state index is 10.0. The summed E-state index contributed by atoms with van der Waals surface area (Å²) in [7, 11) is 1.64. The van der Waals surface area contributed by atoms with Crippen LogP contribution < -0.4 is 5.32 Å². The fourth-order valence-corrected chi connectivity index (χ4v) is 0.597. The second-order valence-electron chi connectivity index (χ2n) is 2.06. The van der Waals surface area contributed by atoms with Crippen molar-refractivity contribution in [1.29, 1.82) is 0 Å². The summed E-state index contributed by atoms with van der Waals surface area (Å²) in [6, 6.07) is 0. The van der Waals surface area contributed by atoms with Crippen LogP contribution in [0.5, 0.6) is 0 Å². The van der Waals surface area contributed by atoms with E-state index in [1.54, 1.807) is 7.48 Å². The Morgan fingerprint density at radius 2 is 2.00 bits per heavy atom. The molecule has 0 aromatic carbocycles. The highest BCUT2D eigenvalue weighted by Gasteiger charge is 2.06. The molecular formula is C6H7BNO4. The van der Waals surface area contributed by atoms with Gasteiger partial charge in [0.2, 0.25) is 0 Å². The molecule has 63 valence electrons. The number of carbonyl (C=O) groups is 2. The average molecular weight is 168 g/mol. The van der Waals surface area contributed by atoms with Crippen molar-refractivity contribution in [2.45, 2.75) is 6.32 Å². The molecule has 0 atom stereocenters. The number of hydrogen-bond donors (Lipinski definition) is 1. The first-order chi connectivity index (χ1) is 5.79. The Bertz CT molecular complexity index is 188. The van der Waals surface area contributed by atoms with Gasteiger partial charge in [0.25, 0.3) is 11.8 Å².